The molecule has 0 radical (unpaired) electrons. The summed E-state index contributed by atoms with van der Waals surface area (Å²) in [7, 11) is 0. The Morgan fingerprint density at radius 2 is 1.53 bits per heavy atom. The summed E-state index contributed by atoms with van der Waals surface area (Å²) in [6.07, 6.45) is 6.32. The van der Waals surface area contributed by atoms with Gasteiger partial charge in [-0.1, -0.05) is 66.5 Å². The summed E-state index contributed by atoms with van der Waals surface area (Å²) < 4.78 is 15.1. The van der Waals surface area contributed by atoms with Gasteiger partial charge in [0.25, 0.3) is 0 Å². The van der Waals surface area contributed by atoms with Gasteiger partial charge in [0.1, 0.15) is 5.82 Å². The third-order valence-corrected chi connectivity index (χ3v) is 5.43. The van der Waals surface area contributed by atoms with Crippen molar-refractivity contribution in [2.24, 2.45) is 0 Å². The van der Waals surface area contributed by atoms with Gasteiger partial charge in [0.05, 0.1) is 17.2 Å². The second-order valence-corrected chi connectivity index (χ2v) is 7.61. The van der Waals surface area contributed by atoms with Gasteiger partial charge in [0.2, 0.25) is 0 Å². The van der Waals surface area contributed by atoms with Crippen molar-refractivity contribution in [1.29, 1.82) is 5.26 Å². The number of hydrogen-bond donors (Lipinski definition) is 0. The lowest BCUT2D eigenvalue weighted by Gasteiger charge is -2.07. The van der Waals surface area contributed by atoms with Crippen LogP contribution in [0.5, 0.6) is 0 Å². The Morgan fingerprint density at radius 3 is 2.25 bits per heavy atom. The molecule has 154 valence electrons. The van der Waals surface area contributed by atoms with Gasteiger partial charge >= 0.3 is 0 Å². The zero-order valence-electron chi connectivity index (χ0n) is 17.9. The van der Waals surface area contributed by atoms with E-state index in [2.05, 4.69) is 54.3 Å². The van der Waals surface area contributed by atoms with E-state index in [4.69, 9.17) is 5.26 Å². The van der Waals surface area contributed by atoms with Crippen molar-refractivity contribution in [3.63, 3.8) is 0 Å². The van der Waals surface area contributed by atoms with Gasteiger partial charge in [0, 0.05) is 10.9 Å². The highest BCUT2D eigenvalue weighted by atomic mass is 19.1. The SMILES string of the molecule is C/C=C/CCc1ccc(-c2ccc3c(F)c(C#Cc4ccc(C#N)cc4)ccc3c2)cc1. The van der Waals surface area contributed by atoms with E-state index in [1.54, 1.807) is 30.3 Å². The van der Waals surface area contributed by atoms with E-state index in [1.807, 2.05) is 31.2 Å². The lowest BCUT2D eigenvalue weighted by atomic mass is 9.98. The van der Waals surface area contributed by atoms with Gasteiger partial charge in [-0.05, 0) is 78.2 Å². The molecule has 0 aromatic heterocycles. The zero-order valence-corrected chi connectivity index (χ0v) is 17.9. The van der Waals surface area contributed by atoms with Crippen LogP contribution in [0.2, 0.25) is 0 Å². The quantitative estimate of drug-likeness (QED) is 0.251. The topological polar surface area (TPSA) is 23.8 Å². The normalized spacial score (nSPS) is 10.7. The van der Waals surface area contributed by atoms with E-state index < -0.39 is 0 Å². The van der Waals surface area contributed by atoms with Crippen LogP contribution in [0.3, 0.4) is 0 Å². The molecule has 0 heterocycles. The van der Waals surface area contributed by atoms with Gasteiger partial charge in [-0.2, -0.15) is 5.26 Å². The Hall–Kier alpha value is -4.14. The molecule has 1 nitrogen and oxygen atoms in total. The summed E-state index contributed by atoms with van der Waals surface area (Å²) in [5.74, 6) is 5.58. The first kappa shape index (κ1) is 21.1. The smallest absolute Gasteiger partial charge is 0.146 e. The van der Waals surface area contributed by atoms with Crippen LogP contribution in [0.4, 0.5) is 4.39 Å². The third-order valence-electron chi connectivity index (χ3n) is 5.43. The summed E-state index contributed by atoms with van der Waals surface area (Å²) in [5.41, 5.74) is 5.17. The van der Waals surface area contributed by atoms with Crippen molar-refractivity contribution in [1.82, 2.24) is 0 Å². The Morgan fingerprint density at radius 1 is 0.812 bits per heavy atom. The Kier molecular flexibility index (Phi) is 6.45. The number of nitrogens with zero attached hydrogens (tertiary/aromatic N) is 1. The first-order valence-corrected chi connectivity index (χ1v) is 10.6. The minimum Gasteiger partial charge on any atom is -0.205 e. The fraction of sp³-hybridized carbons (Fsp3) is 0.100. The lowest BCUT2D eigenvalue weighted by Crippen LogP contribution is -1.88. The lowest BCUT2D eigenvalue weighted by molar-refractivity contribution is 0.636. The third kappa shape index (κ3) is 4.77. The molecule has 0 saturated carbocycles. The molecular formula is C30H22FN. The van der Waals surface area contributed by atoms with Crippen LogP contribution in [-0.4, -0.2) is 0 Å². The molecule has 0 aliphatic rings. The molecule has 0 aliphatic heterocycles. The van der Waals surface area contributed by atoms with Crippen molar-refractivity contribution in [3.8, 4) is 29.0 Å². The Bertz CT molecular complexity index is 1380. The predicted molar refractivity (Wildman–Crippen MR) is 130 cm³/mol. The van der Waals surface area contributed by atoms with Gasteiger partial charge in [-0.15, -0.1) is 0 Å². The minimum absolute atomic E-state index is 0.311. The summed E-state index contributed by atoms with van der Waals surface area (Å²) in [4.78, 5) is 0. The predicted octanol–water partition coefficient (Wildman–Crippen LogP) is 7.43. The standard InChI is InChI=1S/C30H22FN/c1-2-3-4-5-22-10-13-25(14-11-22)27-18-19-29-28(20-27)17-16-26(30(29)31)15-12-23-6-8-24(21-32)9-7-23/h2-3,6-11,13-14,16-20H,4-5H2,1H3/b3-2+. The first-order valence-electron chi connectivity index (χ1n) is 10.6. The van der Waals surface area contributed by atoms with Crippen LogP contribution < -0.4 is 0 Å². The molecule has 0 unspecified atom stereocenters. The van der Waals surface area contributed by atoms with E-state index in [9.17, 15) is 0 Å². The maximum atomic E-state index is 15.1. The van der Waals surface area contributed by atoms with Gasteiger partial charge in [0.15, 0.2) is 0 Å². The number of benzene rings is 4. The largest absolute Gasteiger partial charge is 0.205 e. The highest BCUT2D eigenvalue weighted by molar-refractivity contribution is 5.89. The molecule has 32 heavy (non-hydrogen) atoms. The van der Waals surface area contributed by atoms with Crippen LogP contribution in [0.15, 0.2) is 91.0 Å². The average Bonchev–Trinajstić information content (AvgIpc) is 2.84. The monoisotopic (exact) mass is 415 g/mol. The van der Waals surface area contributed by atoms with E-state index in [0.29, 0.717) is 16.5 Å². The second-order valence-electron chi connectivity index (χ2n) is 7.61. The highest BCUT2D eigenvalue weighted by Gasteiger charge is 2.07. The molecule has 4 aromatic carbocycles. The molecule has 0 aliphatic carbocycles. The molecule has 0 amide bonds. The van der Waals surface area contributed by atoms with Crippen LogP contribution in [0, 0.1) is 29.0 Å². The first-order chi connectivity index (χ1) is 15.7. The number of halogens is 1. The molecule has 0 spiro atoms. The van der Waals surface area contributed by atoms with Crippen LogP contribution in [0.25, 0.3) is 21.9 Å². The summed E-state index contributed by atoms with van der Waals surface area (Å²) >= 11 is 0. The summed E-state index contributed by atoms with van der Waals surface area (Å²) in [6.45, 7) is 2.04. The number of fused-ring (bicyclic) bond motifs is 1. The number of allylic oxidation sites excluding steroid dienone is 2. The number of hydrogen-bond acceptors (Lipinski definition) is 1. The van der Waals surface area contributed by atoms with E-state index in [0.717, 1.165) is 34.9 Å². The fourth-order valence-corrected chi connectivity index (χ4v) is 3.62. The Labute approximate surface area is 188 Å². The molecule has 0 saturated heterocycles. The molecule has 4 aromatic rings. The number of nitriles is 1. The van der Waals surface area contributed by atoms with Gasteiger partial charge < -0.3 is 0 Å². The van der Waals surface area contributed by atoms with E-state index >= 15 is 4.39 Å². The van der Waals surface area contributed by atoms with Crippen molar-refractivity contribution in [2.45, 2.75) is 19.8 Å². The van der Waals surface area contributed by atoms with Crippen LogP contribution in [0.1, 0.15) is 35.6 Å². The highest BCUT2D eigenvalue weighted by Crippen LogP contribution is 2.27. The van der Waals surface area contributed by atoms with Crippen LogP contribution >= 0.6 is 0 Å². The van der Waals surface area contributed by atoms with Crippen molar-refractivity contribution in [3.05, 3.63) is 119 Å². The van der Waals surface area contributed by atoms with Gasteiger partial charge in [-0.3, -0.25) is 0 Å². The van der Waals surface area contributed by atoms with Crippen LogP contribution in [-0.2, 0) is 6.42 Å². The molecule has 2 heteroatoms. The maximum Gasteiger partial charge on any atom is 0.146 e. The summed E-state index contributed by atoms with van der Waals surface area (Å²) in [6, 6.07) is 27.0. The molecule has 0 N–H and O–H groups in total. The van der Waals surface area contributed by atoms with Crippen molar-refractivity contribution in [2.75, 3.05) is 0 Å². The van der Waals surface area contributed by atoms with E-state index in [1.165, 1.54) is 5.56 Å². The molecule has 0 fully saturated rings. The van der Waals surface area contributed by atoms with Crippen molar-refractivity contribution >= 4 is 10.8 Å². The minimum atomic E-state index is -0.311. The fourth-order valence-electron chi connectivity index (χ4n) is 3.62. The molecule has 4 rings (SSSR count). The molecule has 0 atom stereocenters. The molecular weight excluding hydrogens is 393 g/mol. The Balaban J connectivity index is 1.58. The average molecular weight is 416 g/mol. The number of rotatable bonds is 4. The van der Waals surface area contributed by atoms with Gasteiger partial charge in [-0.25, -0.2) is 4.39 Å². The molecule has 0 bridgehead atoms. The van der Waals surface area contributed by atoms with E-state index in [-0.39, 0.29) is 5.82 Å². The summed E-state index contributed by atoms with van der Waals surface area (Å²) in [5, 5.41) is 10.3. The zero-order chi connectivity index (χ0) is 22.3. The van der Waals surface area contributed by atoms with Crippen molar-refractivity contribution < 1.29 is 4.39 Å². The second kappa shape index (κ2) is 9.78. The number of aryl methyl sites for hydroxylation is 1. The maximum absolute atomic E-state index is 15.1.